The van der Waals surface area contributed by atoms with Crippen molar-refractivity contribution in [1.29, 1.82) is 0 Å². The van der Waals surface area contributed by atoms with Gasteiger partial charge in [0.05, 0.1) is 0 Å². The lowest BCUT2D eigenvalue weighted by Crippen LogP contribution is -2.23. The summed E-state index contributed by atoms with van der Waals surface area (Å²) in [4.78, 5) is 14.2. The summed E-state index contributed by atoms with van der Waals surface area (Å²) in [6.07, 6.45) is 1.60. The van der Waals surface area contributed by atoms with Gasteiger partial charge in [0.15, 0.2) is 0 Å². The third kappa shape index (κ3) is 5.76. The Bertz CT molecular complexity index is 442. The second-order valence-corrected chi connectivity index (χ2v) is 5.22. The summed E-state index contributed by atoms with van der Waals surface area (Å²) in [5.74, 6) is 0.0669. The number of carbonyl (C=O) groups excluding carboxylic acids is 1. The zero-order chi connectivity index (χ0) is 15.7. The summed E-state index contributed by atoms with van der Waals surface area (Å²) in [5.41, 5.74) is 3.22. The number of benzene rings is 1. The summed E-state index contributed by atoms with van der Waals surface area (Å²) in [6, 6.07) is 6.21. The predicted molar refractivity (Wildman–Crippen MR) is 91.1 cm³/mol. The van der Waals surface area contributed by atoms with E-state index in [1.54, 1.807) is 0 Å². The van der Waals surface area contributed by atoms with Gasteiger partial charge >= 0.3 is 0 Å². The third-order valence-corrected chi connectivity index (χ3v) is 3.57. The highest BCUT2D eigenvalue weighted by Crippen LogP contribution is 2.22. The molecule has 0 saturated heterocycles. The van der Waals surface area contributed by atoms with Crippen LogP contribution in [0.5, 0.6) is 0 Å². The Morgan fingerprint density at radius 3 is 2.43 bits per heavy atom. The van der Waals surface area contributed by atoms with Crippen molar-refractivity contribution in [2.24, 2.45) is 0 Å². The Morgan fingerprint density at radius 1 is 1.14 bits per heavy atom. The van der Waals surface area contributed by atoms with Crippen LogP contribution >= 0.6 is 0 Å². The second kappa shape index (κ2) is 9.40. The van der Waals surface area contributed by atoms with Gasteiger partial charge < -0.3 is 15.5 Å². The highest BCUT2D eigenvalue weighted by Gasteiger charge is 2.07. The fourth-order valence-electron chi connectivity index (χ4n) is 2.29. The summed E-state index contributed by atoms with van der Waals surface area (Å²) in [5, 5.41) is 6.23. The molecule has 0 heterocycles. The molecule has 1 amide bonds. The topological polar surface area (TPSA) is 44.4 Å². The van der Waals surface area contributed by atoms with Crippen molar-refractivity contribution in [3.05, 3.63) is 23.8 Å². The van der Waals surface area contributed by atoms with Crippen molar-refractivity contribution in [2.75, 3.05) is 36.4 Å². The van der Waals surface area contributed by atoms with Gasteiger partial charge in [-0.15, -0.1) is 0 Å². The lowest BCUT2D eigenvalue weighted by Gasteiger charge is -2.22. The molecule has 0 spiro atoms. The van der Waals surface area contributed by atoms with Gasteiger partial charge in [0, 0.05) is 37.4 Å². The van der Waals surface area contributed by atoms with Crippen LogP contribution in [0.2, 0.25) is 0 Å². The van der Waals surface area contributed by atoms with E-state index in [4.69, 9.17) is 0 Å². The van der Waals surface area contributed by atoms with Gasteiger partial charge in [-0.3, -0.25) is 4.79 Å². The van der Waals surface area contributed by atoms with E-state index in [1.165, 1.54) is 5.69 Å². The molecule has 0 aliphatic rings. The maximum absolute atomic E-state index is 11.9. The smallest absolute Gasteiger partial charge is 0.225 e. The van der Waals surface area contributed by atoms with Crippen LogP contribution in [0.4, 0.5) is 11.4 Å². The number of nitrogens with zero attached hydrogens (tertiary/aromatic N) is 1. The molecule has 0 bridgehead atoms. The first kappa shape index (κ1) is 17.5. The molecule has 21 heavy (non-hydrogen) atoms. The Hall–Kier alpha value is -1.55. The number of amides is 1. The number of carbonyl (C=O) groups is 1. The van der Waals surface area contributed by atoms with E-state index < -0.39 is 0 Å². The quantitative estimate of drug-likeness (QED) is 0.687. The van der Waals surface area contributed by atoms with Gasteiger partial charge in [0.1, 0.15) is 0 Å². The van der Waals surface area contributed by atoms with Crippen LogP contribution in [0.15, 0.2) is 18.2 Å². The Kier molecular flexibility index (Phi) is 7.83. The SMILES string of the molecule is CCCNCCC(=O)Nc1ccc(N(CC)CC)cc1C. The van der Waals surface area contributed by atoms with Crippen molar-refractivity contribution in [3.63, 3.8) is 0 Å². The van der Waals surface area contributed by atoms with E-state index in [0.29, 0.717) is 6.42 Å². The van der Waals surface area contributed by atoms with Crippen molar-refractivity contribution in [1.82, 2.24) is 5.32 Å². The Balaban J connectivity index is 2.58. The number of nitrogens with one attached hydrogen (secondary N) is 2. The third-order valence-electron chi connectivity index (χ3n) is 3.57. The largest absolute Gasteiger partial charge is 0.372 e. The van der Waals surface area contributed by atoms with Crippen molar-refractivity contribution in [2.45, 2.75) is 40.5 Å². The second-order valence-electron chi connectivity index (χ2n) is 5.22. The molecule has 1 aromatic rings. The number of anilines is 2. The molecular formula is C17H29N3O. The molecule has 4 nitrogen and oxygen atoms in total. The molecule has 0 aliphatic carbocycles. The van der Waals surface area contributed by atoms with E-state index in [2.05, 4.69) is 48.4 Å². The molecule has 0 radical (unpaired) electrons. The van der Waals surface area contributed by atoms with E-state index in [0.717, 1.165) is 43.9 Å². The van der Waals surface area contributed by atoms with Gasteiger partial charge in [0.25, 0.3) is 0 Å². The summed E-state index contributed by atoms with van der Waals surface area (Å²) in [7, 11) is 0. The molecule has 0 atom stereocenters. The molecule has 2 N–H and O–H groups in total. The molecule has 0 unspecified atom stereocenters. The van der Waals surface area contributed by atoms with Gasteiger partial charge in [0.2, 0.25) is 5.91 Å². The van der Waals surface area contributed by atoms with Gasteiger partial charge in [-0.05, 0) is 57.5 Å². The molecule has 0 fully saturated rings. The maximum Gasteiger partial charge on any atom is 0.225 e. The lowest BCUT2D eigenvalue weighted by atomic mass is 10.1. The van der Waals surface area contributed by atoms with Crippen LogP contribution in [-0.2, 0) is 4.79 Å². The molecule has 4 heteroatoms. The van der Waals surface area contributed by atoms with Gasteiger partial charge in [-0.25, -0.2) is 0 Å². The van der Waals surface area contributed by atoms with E-state index in [1.807, 2.05) is 13.0 Å². The Labute approximate surface area is 128 Å². The minimum atomic E-state index is 0.0669. The predicted octanol–water partition coefficient (Wildman–Crippen LogP) is 3.17. The maximum atomic E-state index is 11.9. The van der Waals surface area contributed by atoms with Crippen LogP contribution in [-0.4, -0.2) is 32.1 Å². The first-order valence-corrected chi connectivity index (χ1v) is 7.98. The zero-order valence-electron chi connectivity index (χ0n) is 13.8. The van der Waals surface area contributed by atoms with Crippen molar-refractivity contribution < 1.29 is 4.79 Å². The summed E-state index contributed by atoms with van der Waals surface area (Å²) < 4.78 is 0. The van der Waals surface area contributed by atoms with Crippen LogP contribution in [0.1, 0.15) is 39.2 Å². The summed E-state index contributed by atoms with van der Waals surface area (Å²) in [6.45, 7) is 12.1. The highest BCUT2D eigenvalue weighted by atomic mass is 16.1. The minimum Gasteiger partial charge on any atom is -0.372 e. The molecule has 0 aliphatic heterocycles. The molecular weight excluding hydrogens is 262 g/mol. The van der Waals surface area contributed by atoms with Crippen LogP contribution in [0, 0.1) is 6.92 Å². The fraction of sp³-hybridized carbons (Fsp3) is 0.588. The van der Waals surface area contributed by atoms with Crippen molar-refractivity contribution in [3.8, 4) is 0 Å². The van der Waals surface area contributed by atoms with Crippen LogP contribution in [0.25, 0.3) is 0 Å². The summed E-state index contributed by atoms with van der Waals surface area (Å²) >= 11 is 0. The number of aryl methyl sites for hydroxylation is 1. The molecule has 1 rings (SSSR count). The normalized spacial score (nSPS) is 10.5. The van der Waals surface area contributed by atoms with Gasteiger partial charge in [-0.1, -0.05) is 6.92 Å². The lowest BCUT2D eigenvalue weighted by molar-refractivity contribution is -0.116. The Morgan fingerprint density at radius 2 is 1.86 bits per heavy atom. The number of hydrogen-bond acceptors (Lipinski definition) is 3. The monoisotopic (exact) mass is 291 g/mol. The molecule has 118 valence electrons. The molecule has 1 aromatic carbocycles. The van der Waals surface area contributed by atoms with Crippen LogP contribution < -0.4 is 15.5 Å². The average molecular weight is 291 g/mol. The fourth-order valence-corrected chi connectivity index (χ4v) is 2.29. The van der Waals surface area contributed by atoms with E-state index in [9.17, 15) is 4.79 Å². The van der Waals surface area contributed by atoms with Crippen LogP contribution in [0.3, 0.4) is 0 Å². The first-order valence-electron chi connectivity index (χ1n) is 7.98. The van der Waals surface area contributed by atoms with Gasteiger partial charge in [-0.2, -0.15) is 0 Å². The van der Waals surface area contributed by atoms with Crippen molar-refractivity contribution >= 4 is 17.3 Å². The van der Waals surface area contributed by atoms with E-state index >= 15 is 0 Å². The average Bonchev–Trinajstić information content (AvgIpc) is 2.47. The standard InChI is InChI=1S/C17H29N3O/c1-5-11-18-12-10-17(21)19-16-9-8-15(13-14(16)4)20(6-2)7-3/h8-9,13,18H,5-7,10-12H2,1-4H3,(H,19,21). The number of hydrogen-bond donors (Lipinski definition) is 2. The first-order chi connectivity index (χ1) is 10.1. The minimum absolute atomic E-state index is 0.0669. The number of rotatable bonds is 9. The highest BCUT2D eigenvalue weighted by molar-refractivity contribution is 5.91. The molecule has 0 saturated carbocycles. The molecule has 0 aromatic heterocycles. The van der Waals surface area contributed by atoms with E-state index in [-0.39, 0.29) is 5.91 Å². The zero-order valence-corrected chi connectivity index (χ0v) is 13.8.